The van der Waals surface area contributed by atoms with Crippen LogP contribution < -0.4 is 20.9 Å². The molecule has 1 aliphatic carbocycles. The fraction of sp³-hybridized carbons (Fsp3) is 0.333. The Hall–Kier alpha value is -3.70. The molecule has 3 aromatic rings. The summed E-state index contributed by atoms with van der Waals surface area (Å²) >= 11 is 0. The number of fused-ring (bicyclic) bond motifs is 3. The SMILES string of the molecule is [B]C([B])([B])NC(=O)c1cnc(NC(=O)C2CC2)cc1Nc1nccc2c1N(C)C([B])([B])c1nn(C)nc1-2. The molecule has 1 aliphatic heterocycles. The lowest BCUT2D eigenvalue weighted by molar-refractivity contribution is -0.117. The number of hydrogen-bond acceptors (Lipinski definition) is 8. The number of carbonyl (C=O) groups is 2. The molecule has 0 unspecified atom stereocenters. The number of pyridine rings is 2. The maximum Gasteiger partial charge on any atom is 0.253 e. The van der Waals surface area contributed by atoms with E-state index in [9.17, 15) is 9.59 Å². The Morgan fingerprint density at radius 1 is 1.14 bits per heavy atom. The Morgan fingerprint density at radius 2 is 1.86 bits per heavy atom. The van der Waals surface area contributed by atoms with Crippen molar-refractivity contribution in [3.8, 4) is 11.3 Å². The minimum Gasteiger partial charge on any atom is -0.377 e. The highest BCUT2D eigenvalue weighted by molar-refractivity contribution is 6.60. The van der Waals surface area contributed by atoms with E-state index in [-0.39, 0.29) is 28.9 Å². The van der Waals surface area contributed by atoms with E-state index >= 15 is 0 Å². The van der Waals surface area contributed by atoms with Crippen LogP contribution in [0.5, 0.6) is 0 Å². The van der Waals surface area contributed by atoms with E-state index < -0.39 is 16.5 Å². The highest BCUT2D eigenvalue weighted by Crippen LogP contribution is 2.46. The summed E-state index contributed by atoms with van der Waals surface area (Å²) in [7, 11) is 33.0. The van der Waals surface area contributed by atoms with Gasteiger partial charge in [0.15, 0.2) is 5.82 Å². The molecule has 10 radical (unpaired) electrons. The number of anilines is 4. The first-order valence-electron chi connectivity index (χ1n) is 11.3. The van der Waals surface area contributed by atoms with Gasteiger partial charge in [-0.1, -0.05) is 5.24 Å². The molecule has 4 heterocycles. The number of rotatable bonds is 6. The molecule has 37 heavy (non-hydrogen) atoms. The Balaban J connectivity index is 1.59. The third-order valence-electron chi connectivity index (χ3n) is 6.09. The van der Waals surface area contributed by atoms with Crippen molar-refractivity contribution in [1.82, 2.24) is 30.3 Å². The van der Waals surface area contributed by atoms with E-state index in [1.54, 1.807) is 31.3 Å². The van der Waals surface area contributed by atoms with Crippen LogP contribution in [0.25, 0.3) is 11.3 Å². The highest BCUT2D eigenvalue weighted by atomic mass is 16.2. The minimum absolute atomic E-state index is 0.0416. The zero-order chi connectivity index (χ0) is 26.7. The number of aryl methyl sites for hydroxylation is 1. The van der Waals surface area contributed by atoms with Gasteiger partial charge in [0.25, 0.3) is 5.91 Å². The topological polar surface area (TPSA) is 130 Å². The van der Waals surface area contributed by atoms with E-state index in [0.29, 0.717) is 28.5 Å². The lowest BCUT2D eigenvalue weighted by Crippen LogP contribution is -2.50. The van der Waals surface area contributed by atoms with E-state index in [4.69, 9.17) is 39.2 Å². The molecule has 2 aliphatic rings. The number of nitrogens with zero attached hydrogens (tertiary/aromatic N) is 6. The van der Waals surface area contributed by atoms with Gasteiger partial charge in [0.05, 0.1) is 61.9 Å². The van der Waals surface area contributed by atoms with Crippen LogP contribution in [0.4, 0.5) is 23.0 Å². The van der Waals surface area contributed by atoms with Gasteiger partial charge in [0, 0.05) is 49.4 Å². The molecule has 2 amide bonds. The molecule has 0 aromatic carbocycles. The van der Waals surface area contributed by atoms with E-state index in [2.05, 4.69) is 36.1 Å². The summed E-state index contributed by atoms with van der Waals surface area (Å²) < 4.78 is 0. The van der Waals surface area contributed by atoms with E-state index in [0.717, 1.165) is 12.8 Å². The normalized spacial score (nSPS) is 15.9. The van der Waals surface area contributed by atoms with E-state index in [1.807, 2.05) is 0 Å². The van der Waals surface area contributed by atoms with Crippen molar-refractivity contribution in [2.75, 3.05) is 22.6 Å². The molecule has 174 valence electrons. The van der Waals surface area contributed by atoms with Gasteiger partial charge in [0.1, 0.15) is 11.5 Å². The van der Waals surface area contributed by atoms with Gasteiger partial charge in [-0.2, -0.15) is 15.0 Å². The molecule has 3 N–H and O–H groups in total. The van der Waals surface area contributed by atoms with Gasteiger partial charge in [0.2, 0.25) is 5.91 Å². The van der Waals surface area contributed by atoms with Gasteiger partial charge in [-0.25, -0.2) is 9.97 Å². The highest BCUT2D eigenvalue weighted by Gasteiger charge is 2.40. The summed E-state index contributed by atoms with van der Waals surface area (Å²) in [6, 6.07) is 3.25. The maximum absolute atomic E-state index is 12.9. The minimum atomic E-state index is -1.97. The van der Waals surface area contributed by atoms with Crippen LogP contribution in [0, 0.1) is 5.92 Å². The first kappa shape index (κ1) is 25.0. The predicted molar refractivity (Wildman–Crippen MR) is 142 cm³/mol. The number of hydrogen-bond donors (Lipinski definition) is 3. The van der Waals surface area contributed by atoms with Crippen molar-refractivity contribution >= 4 is 74.1 Å². The monoisotopic (exact) mass is 483 g/mol. The van der Waals surface area contributed by atoms with Crippen molar-refractivity contribution in [3.63, 3.8) is 0 Å². The summed E-state index contributed by atoms with van der Waals surface area (Å²) in [5.41, 5.74) is 2.35. The van der Waals surface area contributed by atoms with Crippen LogP contribution in [0.2, 0.25) is 0 Å². The second kappa shape index (κ2) is 8.71. The second-order valence-corrected chi connectivity index (χ2v) is 9.22. The van der Waals surface area contributed by atoms with Gasteiger partial charge in [-0.15, -0.1) is 0 Å². The average Bonchev–Trinajstić information content (AvgIpc) is 3.58. The van der Waals surface area contributed by atoms with Crippen LogP contribution >= 0.6 is 0 Å². The average molecular weight is 482 g/mol. The molecule has 16 heteroatoms. The van der Waals surface area contributed by atoms with Gasteiger partial charge in [-0.05, 0) is 18.9 Å². The largest absolute Gasteiger partial charge is 0.377 e. The quantitative estimate of drug-likeness (QED) is 0.386. The van der Waals surface area contributed by atoms with Crippen molar-refractivity contribution in [3.05, 3.63) is 35.8 Å². The molecule has 5 rings (SSSR count). The third kappa shape index (κ3) is 4.72. The molecule has 1 fully saturated rings. The number of nitrogens with one attached hydrogen (secondary N) is 3. The first-order chi connectivity index (χ1) is 17.3. The Kier molecular flexibility index (Phi) is 5.88. The zero-order valence-electron chi connectivity index (χ0n) is 20.2. The molecular formula is C21H18B5N9O2. The summed E-state index contributed by atoms with van der Waals surface area (Å²) in [4.78, 5) is 36.9. The van der Waals surface area contributed by atoms with Gasteiger partial charge < -0.3 is 20.9 Å². The van der Waals surface area contributed by atoms with Gasteiger partial charge in [-0.3, -0.25) is 9.59 Å². The summed E-state index contributed by atoms with van der Waals surface area (Å²) in [6.07, 6.45) is 4.47. The lowest BCUT2D eigenvalue weighted by atomic mass is 9.49. The fourth-order valence-corrected chi connectivity index (χ4v) is 4.05. The van der Waals surface area contributed by atoms with Gasteiger partial charge >= 0.3 is 0 Å². The van der Waals surface area contributed by atoms with Crippen molar-refractivity contribution in [2.24, 2.45) is 13.0 Å². The molecule has 3 aromatic heterocycles. The first-order valence-corrected chi connectivity index (χ1v) is 11.3. The van der Waals surface area contributed by atoms with Crippen LogP contribution in [0.15, 0.2) is 24.5 Å². The maximum atomic E-state index is 12.9. The fourth-order valence-electron chi connectivity index (χ4n) is 4.05. The number of aromatic nitrogens is 5. The molecule has 0 bridgehead atoms. The summed E-state index contributed by atoms with van der Waals surface area (Å²) in [5.74, 6) is -0.369. The lowest BCUT2D eigenvalue weighted by Gasteiger charge is -2.42. The molecule has 0 spiro atoms. The smallest absolute Gasteiger partial charge is 0.253 e. The Bertz CT molecular complexity index is 1420. The van der Waals surface area contributed by atoms with Crippen LogP contribution in [-0.4, -0.2) is 88.3 Å². The summed E-state index contributed by atoms with van der Waals surface area (Å²) in [6.45, 7) is 0. The van der Waals surface area contributed by atoms with Crippen LogP contribution in [0.1, 0.15) is 28.9 Å². The van der Waals surface area contributed by atoms with E-state index in [1.165, 1.54) is 17.1 Å². The molecule has 0 saturated heterocycles. The Labute approximate surface area is 220 Å². The molecule has 0 atom stereocenters. The van der Waals surface area contributed by atoms with Crippen molar-refractivity contribution in [1.29, 1.82) is 0 Å². The predicted octanol–water partition coefficient (Wildman–Crippen LogP) is -0.892. The second-order valence-electron chi connectivity index (χ2n) is 9.22. The number of carbonyl (C=O) groups excluding carboxylic acids is 2. The molecular weight excluding hydrogens is 464 g/mol. The Morgan fingerprint density at radius 3 is 2.54 bits per heavy atom. The third-order valence-corrected chi connectivity index (χ3v) is 6.09. The summed E-state index contributed by atoms with van der Waals surface area (Å²) in [5, 5.41) is 13.5. The number of amides is 2. The standard InChI is InChI=1S/C21H18B5N9O2/c1-34-15-10(14-16(20(34,22)23)33-35(2)32-14)5-6-27-17(15)29-12-7-13(30-18(36)9-3-4-9)28-8-11(12)19(37)31-21(24,25)26/h5-9H,3-4H2,1-2H3,(H,31,37)(H2,27,28,29,30,36). The van der Waals surface area contributed by atoms with Crippen LogP contribution in [-0.2, 0) is 17.2 Å². The van der Waals surface area contributed by atoms with Crippen molar-refractivity contribution < 1.29 is 9.59 Å². The molecule has 1 saturated carbocycles. The van der Waals surface area contributed by atoms with Crippen LogP contribution in [0.3, 0.4) is 0 Å². The molecule has 11 nitrogen and oxygen atoms in total. The van der Waals surface area contributed by atoms with Crippen molar-refractivity contribution in [2.45, 2.75) is 23.4 Å². The zero-order valence-corrected chi connectivity index (χ0v) is 20.2.